The first-order chi connectivity index (χ1) is 13.4. The van der Waals surface area contributed by atoms with Gasteiger partial charge in [-0.05, 0) is 18.6 Å². The lowest BCUT2D eigenvalue weighted by molar-refractivity contribution is -0.140. The molecule has 1 aliphatic rings. The van der Waals surface area contributed by atoms with Crippen LogP contribution in [0.4, 0.5) is 0 Å². The van der Waals surface area contributed by atoms with Gasteiger partial charge in [0, 0.05) is 30.5 Å². The molecule has 6 heteroatoms. The highest BCUT2D eigenvalue weighted by Gasteiger charge is 2.34. The van der Waals surface area contributed by atoms with Crippen LogP contribution in [-0.2, 0) is 9.59 Å². The van der Waals surface area contributed by atoms with E-state index in [1.165, 1.54) is 9.91 Å². The predicted octanol–water partition coefficient (Wildman–Crippen LogP) is 4.19. The number of likely N-dealkylation sites (N-methyl/N-ethyl adjacent to an activating group) is 1. The summed E-state index contributed by atoms with van der Waals surface area (Å²) in [7, 11) is 1.64. The number of halogens is 1. The van der Waals surface area contributed by atoms with Gasteiger partial charge in [-0.25, -0.2) is 5.01 Å². The Balaban J connectivity index is 1.92. The van der Waals surface area contributed by atoms with E-state index in [-0.39, 0.29) is 24.4 Å². The summed E-state index contributed by atoms with van der Waals surface area (Å²) < 4.78 is 0. The van der Waals surface area contributed by atoms with E-state index in [2.05, 4.69) is 5.10 Å². The molecule has 2 aromatic carbocycles. The molecule has 1 unspecified atom stereocenters. The number of benzene rings is 2. The highest BCUT2D eigenvalue weighted by atomic mass is 35.5. The summed E-state index contributed by atoms with van der Waals surface area (Å²) >= 11 is 6.35. The Morgan fingerprint density at radius 1 is 1.18 bits per heavy atom. The molecule has 0 saturated heterocycles. The summed E-state index contributed by atoms with van der Waals surface area (Å²) in [6.07, 6.45) is 0.934. The fourth-order valence-electron chi connectivity index (χ4n) is 3.28. The van der Waals surface area contributed by atoms with Gasteiger partial charge in [0.25, 0.3) is 5.91 Å². The molecular weight excluding hydrogens is 374 g/mol. The quantitative estimate of drug-likeness (QED) is 0.759. The van der Waals surface area contributed by atoms with Crippen molar-refractivity contribution in [1.29, 1.82) is 0 Å². The molecule has 3 rings (SSSR count). The Kier molecular flexibility index (Phi) is 6.15. The van der Waals surface area contributed by atoms with E-state index in [9.17, 15) is 9.59 Å². The van der Waals surface area contributed by atoms with Crippen molar-refractivity contribution in [3.05, 3.63) is 70.2 Å². The van der Waals surface area contributed by atoms with Gasteiger partial charge in [0.2, 0.25) is 5.91 Å². The first-order valence-corrected chi connectivity index (χ1v) is 9.73. The average Bonchev–Trinajstić information content (AvgIpc) is 3.13. The molecule has 146 valence electrons. The molecule has 5 nitrogen and oxygen atoms in total. The fraction of sp³-hybridized carbons (Fsp3) is 0.318. The molecule has 2 amide bonds. The second kappa shape index (κ2) is 8.57. The van der Waals surface area contributed by atoms with E-state index >= 15 is 0 Å². The third-order valence-corrected chi connectivity index (χ3v) is 5.24. The van der Waals surface area contributed by atoms with Crippen LogP contribution in [0.5, 0.6) is 0 Å². The van der Waals surface area contributed by atoms with Gasteiger partial charge in [-0.2, -0.15) is 5.10 Å². The first kappa shape index (κ1) is 20.1. The lowest BCUT2D eigenvalue weighted by Crippen LogP contribution is -2.38. The molecule has 2 aromatic rings. The highest BCUT2D eigenvalue weighted by molar-refractivity contribution is 6.34. The molecule has 0 aromatic heterocycles. The van der Waals surface area contributed by atoms with Crippen molar-refractivity contribution in [2.24, 2.45) is 5.10 Å². The summed E-state index contributed by atoms with van der Waals surface area (Å²) in [5.74, 6) is -0.285. The van der Waals surface area contributed by atoms with E-state index in [0.29, 0.717) is 17.9 Å². The zero-order valence-electron chi connectivity index (χ0n) is 16.4. The molecule has 0 spiro atoms. The van der Waals surface area contributed by atoms with Gasteiger partial charge in [0.1, 0.15) is 6.54 Å². The number of aryl methyl sites for hydroxylation is 1. The number of hydrogen-bond acceptors (Lipinski definition) is 3. The van der Waals surface area contributed by atoms with E-state index in [1.807, 2.05) is 55.5 Å². The van der Waals surface area contributed by atoms with Gasteiger partial charge < -0.3 is 4.90 Å². The van der Waals surface area contributed by atoms with Crippen molar-refractivity contribution in [3.63, 3.8) is 0 Å². The van der Waals surface area contributed by atoms with Crippen LogP contribution in [0.1, 0.15) is 42.5 Å². The minimum Gasteiger partial charge on any atom is -0.336 e. The minimum atomic E-state index is -0.218. The zero-order chi connectivity index (χ0) is 20.3. The van der Waals surface area contributed by atoms with Gasteiger partial charge in [-0.1, -0.05) is 66.6 Å². The normalized spacial score (nSPS) is 16.1. The number of carbonyl (C=O) groups is 2. The Bertz CT molecular complexity index is 908. The Morgan fingerprint density at radius 2 is 1.86 bits per heavy atom. The average molecular weight is 398 g/mol. The third-order valence-electron chi connectivity index (χ3n) is 4.91. The van der Waals surface area contributed by atoms with Gasteiger partial charge in [0.05, 0.1) is 11.8 Å². The summed E-state index contributed by atoms with van der Waals surface area (Å²) in [6, 6.07) is 15.4. The largest absolute Gasteiger partial charge is 0.336 e. The number of nitrogens with zero attached hydrogens (tertiary/aromatic N) is 3. The lowest BCUT2D eigenvalue weighted by atomic mass is 9.97. The van der Waals surface area contributed by atoms with Gasteiger partial charge in [-0.15, -0.1) is 0 Å². The topological polar surface area (TPSA) is 53.0 Å². The standard InChI is InChI=1S/C22H24ClN3O2/c1-4-21(27)25(3)14-22(28)26-20(16-11-9-15(2)10-12-16)13-19(24-26)17-7-5-6-8-18(17)23/h5-12,20H,4,13-14H2,1-3H3. The Morgan fingerprint density at radius 3 is 2.50 bits per heavy atom. The van der Waals surface area contributed by atoms with Gasteiger partial charge in [0.15, 0.2) is 0 Å². The zero-order valence-corrected chi connectivity index (χ0v) is 17.1. The molecule has 1 aliphatic heterocycles. The van der Waals surface area contributed by atoms with Crippen LogP contribution < -0.4 is 0 Å². The monoisotopic (exact) mass is 397 g/mol. The summed E-state index contributed by atoms with van der Waals surface area (Å²) in [6.45, 7) is 3.80. The van der Waals surface area contributed by atoms with Crippen LogP contribution in [0.2, 0.25) is 5.02 Å². The SMILES string of the molecule is CCC(=O)N(C)CC(=O)N1N=C(c2ccccc2Cl)CC1c1ccc(C)cc1. The summed E-state index contributed by atoms with van der Waals surface area (Å²) in [5.41, 5.74) is 3.76. The fourth-order valence-corrected chi connectivity index (χ4v) is 3.52. The Hall–Kier alpha value is -2.66. The van der Waals surface area contributed by atoms with Crippen molar-refractivity contribution >= 4 is 29.1 Å². The van der Waals surface area contributed by atoms with Crippen molar-refractivity contribution in [2.45, 2.75) is 32.7 Å². The lowest BCUT2D eigenvalue weighted by Gasteiger charge is -2.24. The molecule has 0 fully saturated rings. The smallest absolute Gasteiger partial charge is 0.262 e. The third kappa shape index (κ3) is 4.25. The Labute approximate surface area is 170 Å². The number of carbonyl (C=O) groups excluding carboxylic acids is 2. The maximum atomic E-state index is 13.0. The van der Waals surface area contributed by atoms with Crippen LogP contribution in [0, 0.1) is 6.92 Å². The number of rotatable bonds is 5. The molecule has 28 heavy (non-hydrogen) atoms. The predicted molar refractivity (Wildman–Crippen MR) is 111 cm³/mol. The van der Waals surface area contributed by atoms with Crippen LogP contribution in [0.25, 0.3) is 0 Å². The summed E-state index contributed by atoms with van der Waals surface area (Å²) in [5, 5.41) is 6.73. The molecular formula is C22H24ClN3O2. The highest BCUT2D eigenvalue weighted by Crippen LogP contribution is 2.34. The van der Waals surface area contributed by atoms with E-state index in [0.717, 1.165) is 22.4 Å². The van der Waals surface area contributed by atoms with Crippen LogP contribution in [0.15, 0.2) is 53.6 Å². The number of amides is 2. The second-order valence-electron chi connectivity index (χ2n) is 7.00. The second-order valence-corrected chi connectivity index (χ2v) is 7.41. The maximum Gasteiger partial charge on any atom is 0.262 e. The van der Waals surface area contributed by atoms with Crippen LogP contribution in [-0.4, -0.2) is 41.0 Å². The van der Waals surface area contributed by atoms with E-state index in [4.69, 9.17) is 11.6 Å². The minimum absolute atomic E-state index is 0.00562. The van der Waals surface area contributed by atoms with Gasteiger partial charge >= 0.3 is 0 Å². The first-order valence-electron chi connectivity index (χ1n) is 9.35. The summed E-state index contributed by atoms with van der Waals surface area (Å²) in [4.78, 5) is 26.3. The number of hydrogen-bond donors (Lipinski definition) is 0. The molecule has 0 bridgehead atoms. The van der Waals surface area contributed by atoms with Crippen LogP contribution in [0.3, 0.4) is 0 Å². The number of hydrazone groups is 1. The molecule has 1 heterocycles. The van der Waals surface area contributed by atoms with Crippen molar-refractivity contribution < 1.29 is 9.59 Å². The van der Waals surface area contributed by atoms with Crippen molar-refractivity contribution in [3.8, 4) is 0 Å². The molecule has 0 radical (unpaired) electrons. The molecule has 0 aliphatic carbocycles. The molecule has 0 N–H and O–H groups in total. The molecule has 0 saturated carbocycles. The van der Waals surface area contributed by atoms with E-state index < -0.39 is 0 Å². The van der Waals surface area contributed by atoms with Crippen molar-refractivity contribution in [1.82, 2.24) is 9.91 Å². The van der Waals surface area contributed by atoms with E-state index in [1.54, 1.807) is 14.0 Å². The molecule has 1 atom stereocenters. The maximum absolute atomic E-state index is 13.0. The van der Waals surface area contributed by atoms with Crippen molar-refractivity contribution in [2.75, 3.05) is 13.6 Å². The van der Waals surface area contributed by atoms with Crippen LogP contribution >= 0.6 is 11.6 Å². The van der Waals surface area contributed by atoms with Gasteiger partial charge in [-0.3, -0.25) is 9.59 Å².